The number of halogens is 1. The summed E-state index contributed by atoms with van der Waals surface area (Å²) in [6, 6.07) is 23.9. The standard InChI is InChI=1S/C32H29ClN8O3/c1-3-27-26(22-9-13-25(14-10-22)35-32(43)44-2)19-29(38-37-27)28(17-21-7-5-4-6-8-21)36-31(42)16-11-23-18-24(33)12-15-30(23)41-20-34-39-40-41/h4-16,18-20,28H,3,17H2,1-2H3,(H,35,43)(H,36,42). The number of hydrogen-bond donors (Lipinski definition) is 2. The van der Waals surface area contributed by atoms with Crippen molar-refractivity contribution in [1.29, 1.82) is 0 Å². The molecule has 2 aromatic heterocycles. The lowest BCUT2D eigenvalue weighted by Gasteiger charge is -2.19. The maximum absolute atomic E-state index is 13.3. The van der Waals surface area contributed by atoms with Gasteiger partial charge >= 0.3 is 6.09 Å². The summed E-state index contributed by atoms with van der Waals surface area (Å²) in [5.74, 6) is -0.324. The van der Waals surface area contributed by atoms with Crippen LogP contribution in [0.1, 0.15) is 35.5 Å². The fourth-order valence-electron chi connectivity index (χ4n) is 4.62. The lowest BCUT2D eigenvalue weighted by molar-refractivity contribution is -0.117. The first-order chi connectivity index (χ1) is 21.4. The highest BCUT2D eigenvalue weighted by atomic mass is 35.5. The summed E-state index contributed by atoms with van der Waals surface area (Å²) < 4.78 is 6.17. The van der Waals surface area contributed by atoms with Crippen molar-refractivity contribution in [1.82, 2.24) is 35.7 Å². The van der Waals surface area contributed by atoms with E-state index in [1.165, 1.54) is 24.2 Å². The Morgan fingerprint density at radius 2 is 1.82 bits per heavy atom. The molecule has 11 nitrogen and oxygen atoms in total. The molecule has 3 aromatic carbocycles. The van der Waals surface area contributed by atoms with Gasteiger partial charge in [0.25, 0.3) is 0 Å². The molecule has 0 saturated heterocycles. The summed E-state index contributed by atoms with van der Waals surface area (Å²) in [6.07, 6.45) is 5.19. The Kier molecular flexibility index (Phi) is 9.68. The number of nitrogens with zero attached hydrogens (tertiary/aromatic N) is 6. The zero-order chi connectivity index (χ0) is 30.9. The summed E-state index contributed by atoms with van der Waals surface area (Å²) in [5.41, 5.74) is 6.16. The van der Waals surface area contributed by atoms with Crippen LogP contribution >= 0.6 is 11.6 Å². The van der Waals surface area contributed by atoms with Crippen molar-refractivity contribution in [2.45, 2.75) is 25.8 Å². The topological polar surface area (TPSA) is 137 Å². The van der Waals surface area contributed by atoms with E-state index in [4.69, 9.17) is 11.6 Å². The van der Waals surface area contributed by atoms with Crippen LogP contribution in [0.5, 0.6) is 0 Å². The highest BCUT2D eigenvalue weighted by molar-refractivity contribution is 6.30. The lowest BCUT2D eigenvalue weighted by Crippen LogP contribution is -2.29. The third kappa shape index (κ3) is 7.50. The van der Waals surface area contributed by atoms with Crippen LogP contribution in [0.3, 0.4) is 0 Å². The Bertz CT molecular complexity index is 1760. The molecule has 5 rings (SSSR count). The van der Waals surface area contributed by atoms with Crippen LogP contribution in [0.15, 0.2) is 91.3 Å². The molecule has 1 atom stereocenters. The van der Waals surface area contributed by atoms with E-state index in [2.05, 4.69) is 41.1 Å². The van der Waals surface area contributed by atoms with E-state index in [1.54, 1.807) is 36.4 Å². The van der Waals surface area contributed by atoms with Gasteiger partial charge in [-0.05, 0) is 76.9 Å². The minimum absolute atomic E-state index is 0.324. The van der Waals surface area contributed by atoms with Gasteiger partial charge in [-0.25, -0.2) is 4.79 Å². The smallest absolute Gasteiger partial charge is 0.411 e. The molecule has 5 aromatic rings. The third-order valence-electron chi connectivity index (χ3n) is 6.81. The Labute approximate surface area is 258 Å². The molecule has 0 spiro atoms. The van der Waals surface area contributed by atoms with E-state index in [0.29, 0.717) is 40.5 Å². The van der Waals surface area contributed by atoms with E-state index in [0.717, 1.165) is 22.4 Å². The van der Waals surface area contributed by atoms with Crippen molar-refractivity contribution in [2.24, 2.45) is 0 Å². The largest absolute Gasteiger partial charge is 0.453 e. The highest BCUT2D eigenvalue weighted by Gasteiger charge is 2.19. The fraction of sp³-hybridized carbons (Fsp3) is 0.156. The molecule has 0 radical (unpaired) electrons. The monoisotopic (exact) mass is 608 g/mol. The first-order valence-electron chi connectivity index (χ1n) is 13.8. The number of carbonyl (C=O) groups is 2. The molecule has 0 aliphatic rings. The van der Waals surface area contributed by atoms with Gasteiger partial charge in [-0.15, -0.1) is 5.10 Å². The third-order valence-corrected chi connectivity index (χ3v) is 7.04. The average molecular weight is 609 g/mol. The number of hydrogen-bond acceptors (Lipinski definition) is 8. The van der Waals surface area contributed by atoms with Gasteiger partial charge in [-0.1, -0.05) is 61.0 Å². The van der Waals surface area contributed by atoms with E-state index < -0.39 is 12.1 Å². The van der Waals surface area contributed by atoms with Crippen molar-refractivity contribution in [3.63, 3.8) is 0 Å². The van der Waals surface area contributed by atoms with Crippen LogP contribution in [-0.2, 0) is 22.4 Å². The first kappa shape index (κ1) is 30.1. The average Bonchev–Trinajstić information content (AvgIpc) is 3.59. The summed E-state index contributed by atoms with van der Waals surface area (Å²) >= 11 is 6.24. The molecule has 0 aliphatic heterocycles. The SMILES string of the molecule is CCc1nnc(C(Cc2ccccc2)NC(=O)C=Cc2cc(Cl)ccc2-n2cnnn2)cc1-c1ccc(NC(=O)OC)cc1. The number of anilines is 1. The van der Waals surface area contributed by atoms with Crippen LogP contribution in [0.25, 0.3) is 22.9 Å². The fourth-order valence-corrected chi connectivity index (χ4v) is 4.80. The summed E-state index contributed by atoms with van der Waals surface area (Å²) in [4.78, 5) is 24.9. The summed E-state index contributed by atoms with van der Waals surface area (Å²) in [5, 5.41) is 26.7. The number of rotatable bonds is 10. The Hall–Kier alpha value is -5.42. The van der Waals surface area contributed by atoms with E-state index in [1.807, 2.05) is 55.5 Å². The zero-order valence-electron chi connectivity index (χ0n) is 24.0. The van der Waals surface area contributed by atoms with Gasteiger partial charge in [-0.3, -0.25) is 10.1 Å². The van der Waals surface area contributed by atoms with Gasteiger partial charge in [0.15, 0.2) is 0 Å². The van der Waals surface area contributed by atoms with Crippen LogP contribution in [-0.4, -0.2) is 49.5 Å². The van der Waals surface area contributed by atoms with Crippen LogP contribution in [0, 0.1) is 0 Å². The van der Waals surface area contributed by atoms with Crippen molar-refractivity contribution in [3.05, 3.63) is 119 Å². The van der Waals surface area contributed by atoms with Gasteiger partial charge in [0.2, 0.25) is 5.91 Å². The quantitative estimate of drug-likeness (QED) is 0.195. The zero-order valence-corrected chi connectivity index (χ0v) is 24.8. The van der Waals surface area contributed by atoms with Gasteiger partial charge in [0, 0.05) is 27.9 Å². The van der Waals surface area contributed by atoms with E-state index >= 15 is 0 Å². The molecule has 222 valence electrons. The number of nitrogens with one attached hydrogen (secondary N) is 2. The summed E-state index contributed by atoms with van der Waals surface area (Å²) in [6.45, 7) is 2.01. The molecular weight excluding hydrogens is 580 g/mol. The molecular formula is C32H29ClN8O3. The van der Waals surface area contributed by atoms with Crippen molar-refractivity contribution < 1.29 is 14.3 Å². The molecule has 2 N–H and O–H groups in total. The highest BCUT2D eigenvalue weighted by Crippen LogP contribution is 2.28. The second-order valence-electron chi connectivity index (χ2n) is 9.72. The van der Waals surface area contributed by atoms with Gasteiger partial charge in [-0.2, -0.15) is 14.9 Å². The molecule has 0 bridgehead atoms. The van der Waals surface area contributed by atoms with Gasteiger partial charge < -0.3 is 10.1 Å². The number of methoxy groups -OCH3 is 1. The van der Waals surface area contributed by atoms with Gasteiger partial charge in [0.05, 0.1) is 30.2 Å². The maximum atomic E-state index is 13.3. The van der Waals surface area contributed by atoms with E-state index in [-0.39, 0.29) is 5.91 Å². The van der Waals surface area contributed by atoms with Crippen molar-refractivity contribution >= 4 is 35.4 Å². The van der Waals surface area contributed by atoms with Crippen LogP contribution in [0.4, 0.5) is 10.5 Å². The Balaban J connectivity index is 1.44. The predicted octanol–water partition coefficient (Wildman–Crippen LogP) is 5.63. The molecule has 12 heteroatoms. The molecule has 2 amide bonds. The molecule has 2 heterocycles. The Morgan fingerprint density at radius 3 is 2.52 bits per heavy atom. The van der Waals surface area contributed by atoms with Crippen molar-refractivity contribution in [3.8, 4) is 16.8 Å². The number of benzene rings is 3. The number of ether oxygens (including phenoxy) is 1. The summed E-state index contributed by atoms with van der Waals surface area (Å²) in [7, 11) is 1.31. The number of amides is 2. The number of aryl methyl sites for hydroxylation is 1. The lowest BCUT2D eigenvalue weighted by atomic mass is 9.98. The molecule has 1 unspecified atom stereocenters. The Morgan fingerprint density at radius 1 is 1.02 bits per heavy atom. The molecule has 0 saturated carbocycles. The number of carbonyl (C=O) groups excluding carboxylic acids is 2. The van der Waals surface area contributed by atoms with E-state index in [9.17, 15) is 9.59 Å². The minimum Gasteiger partial charge on any atom is -0.453 e. The van der Waals surface area contributed by atoms with Crippen molar-refractivity contribution in [2.75, 3.05) is 12.4 Å². The second kappa shape index (κ2) is 14.2. The normalized spacial score (nSPS) is 11.7. The number of tetrazole rings is 1. The predicted molar refractivity (Wildman–Crippen MR) is 167 cm³/mol. The molecule has 0 fully saturated rings. The molecule has 44 heavy (non-hydrogen) atoms. The number of aromatic nitrogens is 6. The second-order valence-corrected chi connectivity index (χ2v) is 10.2. The first-order valence-corrected chi connectivity index (χ1v) is 14.2. The van der Waals surface area contributed by atoms with Crippen LogP contribution in [0.2, 0.25) is 5.02 Å². The molecule has 0 aliphatic carbocycles. The van der Waals surface area contributed by atoms with Crippen LogP contribution < -0.4 is 10.6 Å². The maximum Gasteiger partial charge on any atom is 0.411 e. The van der Waals surface area contributed by atoms with Gasteiger partial charge in [0.1, 0.15) is 6.33 Å². The minimum atomic E-state index is -0.546.